The smallest absolute Gasteiger partial charge is 0.326 e. The van der Waals surface area contributed by atoms with Crippen LogP contribution >= 0.6 is 0 Å². The number of rotatable bonds is 7. The number of carbonyl (C=O) groups excluding carboxylic acids is 2. The van der Waals surface area contributed by atoms with Crippen LogP contribution in [0.15, 0.2) is 54.6 Å². The van der Waals surface area contributed by atoms with Gasteiger partial charge in [-0.15, -0.1) is 0 Å². The molecular formula is C25H28N2O4. The Morgan fingerprint density at radius 3 is 1.68 bits per heavy atom. The molecule has 162 valence electrons. The average Bonchev–Trinajstić information content (AvgIpc) is 2.72. The number of carboxylic acids is 1. The van der Waals surface area contributed by atoms with E-state index in [1.165, 1.54) is 0 Å². The lowest BCUT2D eigenvalue weighted by molar-refractivity contribution is -0.143. The molecule has 3 rings (SSSR count). The number of carboxylic acid groups (broad SMARTS) is 1. The number of amides is 2. The third-order valence-corrected chi connectivity index (χ3v) is 5.46. The molecule has 2 atom stereocenters. The van der Waals surface area contributed by atoms with Crippen LogP contribution in [0.3, 0.4) is 0 Å². The molecule has 0 aliphatic heterocycles. The summed E-state index contributed by atoms with van der Waals surface area (Å²) in [5.41, 5.74) is 0.505. The fraction of sp³-hybridized carbons (Fsp3) is 0.320. The van der Waals surface area contributed by atoms with E-state index >= 15 is 0 Å². The van der Waals surface area contributed by atoms with Gasteiger partial charge in [0, 0.05) is 0 Å². The van der Waals surface area contributed by atoms with Gasteiger partial charge in [0.15, 0.2) is 0 Å². The number of nitrogens with one attached hydrogen (secondary N) is 2. The quantitative estimate of drug-likeness (QED) is 0.504. The van der Waals surface area contributed by atoms with E-state index in [-0.39, 0.29) is 17.7 Å². The van der Waals surface area contributed by atoms with Crippen molar-refractivity contribution in [1.82, 2.24) is 10.6 Å². The van der Waals surface area contributed by atoms with E-state index in [0.717, 1.165) is 21.5 Å². The second-order valence-corrected chi connectivity index (χ2v) is 8.46. The predicted molar refractivity (Wildman–Crippen MR) is 122 cm³/mol. The fourth-order valence-corrected chi connectivity index (χ4v) is 3.76. The van der Waals surface area contributed by atoms with E-state index < -0.39 is 24.0 Å². The summed E-state index contributed by atoms with van der Waals surface area (Å²) in [5.74, 6) is -2.48. The number of carbonyl (C=O) groups is 3. The third kappa shape index (κ3) is 4.68. The van der Waals surface area contributed by atoms with Crippen molar-refractivity contribution in [1.29, 1.82) is 0 Å². The number of hydrogen-bond donors (Lipinski definition) is 3. The van der Waals surface area contributed by atoms with Gasteiger partial charge in [0.1, 0.15) is 12.1 Å². The molecule has 31 heavy (non-hydrogen) atoms. The first-order valence-corrected chi connectivity index (χ1v) is 10.4. The van der Waals surface area contributed by atoms with Crippen LogP contribution in [-0.2, 0) is 9.59 Å². The molecule has 0 radical (unpaired) electrons. The summed E-state index contributed by atoms with van der Waals surface area (Å²) in [6, 6.07) is 15.4. The molecule has 0 unspecified atom stereocenters. The van der Waals surface area contributed by atoms with Crippen molar-refractivity contribution in [3.05, 3.63) is 60.2 Å². The maximum atomic E-state index is 13.4. The number of benzene rings is 3. The molecule has 0 fully saturated rings. The van der Waals surface area contributed by atoms with Crippen LogP contribution in [0.4, 0.5) is 0 Å². The highest BCUT2D eigenvalue weighted by atomic mass is 16.4. The molecule has 0 aromatic heterocycles. The largest absolute Gasteiger partial charge is 0.480 e. The summed E-state index contributed by atoms with van der Waals surface area (Å²) in [6.45, 7) is 7.09. The van der Waals surface area contributed by atoms with Crippen molar-refractivity contribution < 1.29 is 19.5 Å². The summed E-state index contributed by atoms with van der Waals surface area (Å²) >= 11 is 0. The fourth-order valence-electron chi connectivity index (χ4n) is 3.76. The molecule has 3 aromatic carbocycles. The SMILES string of the molecule is CC(C)[C@H](NC(=O)[C@@H](NC(=O)c1c2ccccc2cc2ccccc12)C(C)C)C(=O)O. The van der Waals surface area contributed by atoms with Crippen molar-refractivity contribution in [2.75, 3.05) is 0 Å². The topological polar surface area (TPSA) is 95.5 Å². The van der Waals surface area contributed by atoms with Crippen LogP contribution in [0.5, 0.6) is 0 Å². The van der Waals surface area contributed by atoms with E-state index in [2.05, 4.69) is 10.6 Å². The van der Waals surface area contributed by atoms with Gasteiger partial charge < -0.3 is 15.7 Å². The Balaban J connectivity index is 1.98. The highest BCUT2D eigenvalue weighted by Crippen LogP contribution is 2.28. The maximum absolute atomic E-state index is 13.4. The van der Waals surface area contributed by atoms with Gasteiger partial charge in [-0.25, -0.2) is 4.79 Å². The first-order valence-electron chi connectivity index (χ1n) is 10.4. The second kappa shape index (κ2) is 9.16. The Hall–Kier alpha value is -3.41. The second-order valence-electron chi connectivity index (χ2n) is 8.46. The molecule has 0 spiro atoms. The molecule has 3 N–H and O–H groups in total. The van der Waals surface area contributed by atoms with Gasteiger partial charge in [-0.05, 0) is 39.4 Å². The van der Waals surface area contributed by atoms with E-state index in [0.29, 0.717) is 5.56 Å². The first kappa shape index (κ1) is 22.3. The molecule has 0 aliphatic carbocycles. The van der Waals surface area contributed by atoms with Crippen molar-refractivity contribution in [3.8, 4) is 0 Å². The minimum absolute atomic E-state index is 0.230. The lowest BCUT2D eigenvalue weighted by Gasteiger charge is -2.26. The van der Waals surface area contributed by atoms with E-state index in [4.69, 9.17) is 0 Å². The molecule has 0 aliphatic rings. The monoisotopic (exact) mass is 420 g/mol. The molecular weight excluding hydrogens is 392 g/mol. The van der Waals surface area contributed by atoms with Gasteiger partial charge in [0.2, 0.25) is 5.91 Å². The Labute approximate surface area is 181 Å². The highest BCUT2D eigenvalue weighted by Gasteiger charge is 2.31. The van der Waals surface area contributed by atoms with Crippen LogP contribution in [0, 0.1) is 11.8 Å². The predicted octanol–water partition coefficient (Wildman–Crippen LogP) is 3.97. The lowest BCUT2D eigenvalue weighted by Crippen LogP contribution is -2.55. The minimum atomic E-state index is -1.10. The number of aliphatic carboxylic acids is 1. The van der Waals surface area contributed by atoms with Gasteiger partial charge in [-0.1, -0.05) is 76.2 Å². The first-order chi connectivity index (χ1) is 14.7. The van der Waals surface area contributed by atoms with E-state index in [1.54, 1.807) is 13.8 Å². The van der Waals surface area contributed by atoms with E-state index in [9.17, 15) is 19.5 Å². The number of hydrogen-bond acceptors (Lipinski definition) is 3. The molecule has 0 saturated carbocycles. The Bertz CT molecular complexity index is 1080. The van der Waals surface area contributed by atoms with Crippen molar-refractivity contribution >= 4 is 39.3 Å². The molecule has 2 amide bonds. The summed E-state index contributed by atoms with van der Waals surface area (Å²) in [6.07, 6.45) is 0. The third-order valence-electron chi connectivity index (χ3n) is 5.46. The zero-order valence-electron chi connectivity index (χ0n) is 18.2. The molecule has 0 saturated heterocycles. The molecule has 3 aromatic rings. The average molecular weight is 421 g/mol. The van der Waals surface area contributed by atoms with Crippen LogP contribution in [-0.4, -0.2) is 35.0 Å². The van der Waals surface area contributed by atoms with Gasteiger partial charge >= 0.3 is 5.97 Å². The number of fused-ring (bicyclic) bond motifs is 2. The zero-order valence-corrected chi connectivity index (χ0v) is 18.2. The van der Waals surface area contributed by atoms with Gasteiger partial charge in [-0.3, -0.25) is 9.59 Å². The summed E-state index contributed by atoms with van der Waals surface area (Å²) in [4.78, 5) is 37.9. The normalized spacial score (nSPS) is 13.4. The zero-order chi connectivity index (χ0) is 22.7. The molecule has 0 bridgehead atoms. The standard InChI is InChI=1S/C25H28N2O4/c1-14(2)21(24(29)27-22(15(3)4)25(30)31)26-23(28)20-18-11-7-5-9-16(18)13-17-10-6-8-12-19(17)20/h5-15,21-22H,1-4H3,(H,26,28)(H,27,29)(H,30,31)/t21-,22-/m0/s1. The highest BCUT2D eigenvalue weighted by molar-refractivity contribution is 6.18. The lowest BCUT2D eigenvalue weighted by atomic mass is 9.95. The Morgan fingerprint density at radius 1 is 0.742 bits per heavy atom. The maximum Gasteiger partial charge on any atom is 0.326 e. The molecule has 6 heteroatoms. The summed E-state index contributed by atoms with van der Waals surface area (Å²) in [7, 11) is 0. The van der Waals surface area contributed by atoms with E-state index in [1.807, 2.05) is 68.4 Å². The van der Waals surface area contributed by atoms with Crippen LogP contribution in [0.25, 0.3) is 21.5 Å². The Morgan fingerprint density at radius 2 is 1.23 bits per heavy atom. The Kier molecular flexibility index (Phi) is 6.59. The molecule has 6 nitrogen and oxygen atoms in total. The summed E-state index contributed by atoms with van der Waals surface area (Å²) in [5, 5.41) is 18.3. The van der Waals surface area contributed by atoms with Gasteiger partial charge in [0.05, 0.1) is 5.56 Å². The van der Waals surface area contributed by atoms with Crippen LogP contribution < -0.4 is 10.6 Å². The van der Waals surface area contributed by atoms with Crippen molar-refractivity contribution in [2.45, 2.75) is 39.8 Å². The van der Waals surface area contributed by atoms with Crippen molar-refractivity contribution in [3.63, 3.8) is 0 Å². The van der Waals surface area contributed by atoms with Gasteiger partial charge in [0.25, 0.3) is 5.91 Å². The van der Waals surface area contributed by atoms with Gasteiger partial charge in [-0.2, -0.15) is 0 Å². The van der Waals surface area contributed by atoms with Crippen LogP contribution in [0.1, 0.15) is 38.1 Å². The van der Waals surface area contributed by atoms with Crippen molar-refractivity contribution in [2.24, 2.45) is 11.8 Å². The van der Waals surface area contributed by atoms with Crippen LogP contribution in [0.2, 0.25) is 0 Å². The minimum Gasteiger partial charge on any atom is -0.480 e. The molecule has 0 heterocycles. The summed E-state index contributed by atoms with van der Waals surface area (Å²) < 4.78 is 0.